The first-order valence-corrected chi connectivity index (χ1v) is 12.6. The maximum Gasteiger partial charge on any atom is 0.309 e. The lowest BCUT2D eigenvalue weighted by Crippen LogP contribution is -2.30. The highest BCUT2D eigenvalue weighted by Crippen LogP contribution is 2.46. The number of methoxy groups -OCH3 is 1. The number of anilines is 1. The van der Waals surface area contributed by atoms with E-state index in [4.69, 9.17) is 4.74 Å². The normalized spacial score (nSPS) is 23.5. The van der Waals surface area contributed by atoms with Crippen molar-refractivity contribution in [2.24, 2.45) is 0 Å². The van der Waals surface area contributed by atoms with Gasteiger partial charge in [-0.2, -0.15) is 0 Å². The predicted molar refractivity (Wildman–Crippen MR) is 134 cm³/mol. The van der Waals surface area contributed by atoms with Crippen LogP contribution in [0.4, 0.5) is 5.69 Å². The van der Waals surface area contributed by atoms with Gasteiger partial charge in [0.25, 0.3) is 0 Å². The molecular formula is C25H29N2O3S2+. The van der Waals surface area contributed by atoms with Gasteiger partial charge < -0.3 is 14.7 Å². The number of aliphatic hydroxyl groups excluding tert-OH is 1. The molecule has 0 saturated carbocycles. The van der Waals surface area contributed by atoms with E-state index in [2.05, 4.69) is 60.7 Å². The zero-order valence-corrected chi connectivity index (χ0v) is 20.5. The van der Waals surface area contributed by atoms with Crippen LogP contribution in [0.25, 0.3) is 0 Å². The average molecular weight is 470 g/mol. The molecule has 0 saturated heterocycles. The number of esters is 1. The number of thioether (sulfide) groups is 2. The van der Waals surface area contributed by atoms with Gasteiger partial charge >= 0.3 is 5.97 Å². The number of benzene rings is 1. The van der Waals surface area contributed by atoms with E-state index < -0.39 is 0 Å². The number of carbonyl (C=O) groups excluding carboxylic acids is 1. The Morgan fingerprint density at radius 1 is 1.34 bits per heavy atom. The lowest BCUT2D eigenvalue weighted by atomic mass is 10.1. The number of rotatable bonds is 6. The van der Waals surface area contributed by atoms with Crippen molar-refractivity contribution < 1.29 is 19.2 Å². The third kappa shape index (κ3) is 4.55. The number of likely N-dealkylation sites (N-methyl/N-ethyl adjacent to an activating group) is 1. The fourth-order valence-corrected chi connectivity index (χ4v) is 6.61. The maximum atomic E-state index is 11.6. The second kappa shape index (κ2) is 9.63. The Kier molecular flexibility index (Phi) is 6.86. The number of fused-ring (bicyclic) bond motifs is 2. The van der Waals surface area contributed by atoms with Crippen LogP contribution in [-0.2, 0) is 16.0 Å². The second-order valence-corrected chi connectivity index (χ2v) is 10.2. The van der Waals surface area contributed by atoms with Gasteiger partial charge in [-0.05, 0) is 60.5 Å². The van der Waals surface area contributed by atoms with Crippen molar-refractivity contribution in [2.45, 2.75) is 42.9 Å². The summed E-state index contributed by atoms with van der Waals surface area (Å²) in [5.74, 6) is 0.122. The predicted octanol–water partition coefficient (Wildman–Crippen LogP) is 5.05. The number of hydrogen-bond donors (Lipinski definition) is 1. The van der Waals surface area contributed by atoms with Crippen LogP contribution in [0.5, 0.6) is 0 Å². The number of allylic oxidation sites excluding steroid dienone is 3. The zero-order chi connectivity index (χ0) is 22.8. The fraction of sp³-hybridized carbons (Fsp3) is 0.360. The molecule has 168 valence electrons. The summed E-state index contributed by atoms with van der Waals surface area (Å²) in [7, 11) is 3.49. The zero-order valence-electron chi connectivity index (χ0n) is 18.9. The van der Waals surface area contributed by atoms with Gasteiger partial charge in [-0.1, -0.05) is 30.8 Å². The Labute approximate surface area is 198 Å². The molecule has 1 aliphatic carbocycles. The highest BCUT2D eigenvalue weighted by molar-refractivity contribution is 8.15. The first-order chi connectivity index (χ1) is 15.4. The topological polar surface area (TPSA) is 52.8 Å². The number of nitrogens with zero attached hydrogens (tertiary/aromatic N) is 2. The first-order valence-electron chi connectivity index (χ1n) is 10.9. The summed E-state index contributed by atoms with van der Waals surface area (Å²) >= 11 is 3.61. The van der Waals surface area contributed by atoms with E-state index in [9.17, 15) is 9.90 Å². The number of carbonyl (C=O) groups is 1. The van der Waals surface area contributed by atoms with E-state index in [1.54, 1.807) is 17.8 Å². The quantitative estimate of drug-likeness (QED) is 0.465. The van der Waals surface area contributed by atoms with Gasteiger partial charge in [0.05, 0.1) is 29.5 Å². The molecule has 0 fully saturated rings. The van der Waals surface area contributed by atoms with E-state index in [0.29, 0.717) is 11.0 Å². The van der Waals surface area contributed by atoms with Crippen molar-refractivity contribution >= 4 is 40.2 Å². The molecule has 4 rings (SSSR count). The molecule has 7 heteroatoms. The molecule has 2 aliphatic heterocycles. The molecule has 0 bridgehead atoms. The van der Waals surface area contributed by atoms with Crippen molar-refractivity contribution in [1.82, 2.24) is 0 Å². The summed E-state index contributed by atoms with van der Waals surface area (Å²) in [5.41, 5.74) is 3.34. The molecule has 0 spiro atoms. The van der Waals surface area contributed by atoms with Gasteiger partial charge in [-0.15, -0.1) is 0 Å². The van der Waals surface area contributed by atoms with Crippen LogP contribution in [0.2, 0.25) is 0 Å². The third-order valence-electron chi connectivity index (χ3n) is 5.91. The first kappa shape index (κ1) is 22.8. The molecule has 3 aliphatic rings. The van der Waals surface area contributed by atoms with Crippen LogP contribution < -0.4 is 4.90 Å². The van der Waals surface area contributed by atoms with Gasteiger partial charge in [0, 0.05) is 24.1 Å². The third-order valence-corrected chi connectivity index (χ3v) is 8.38. The van der Waals surface area contributed by atoms with Crippen molar-refractivity contribution in [3.8, 4) is 0 Å². The van der Waals surface area contributed by atoms with E-state index >= 15 is 0 Å². The molecule has 5 nitrogen and oxygen atoms in total. The molecule has 1 aromatic carbocycles. The molecule has 0 aromatic heterocycles. The summed E-state index contributed by atoms with van der Waals surface area (Å²) in [6, 6.07) is 6.36. The van der Waals surface area contributed by atoms with E-state index in [1.807, 2.05) is 23.9 Å². The van der Waals surface area contributed by atoms with Crippen molar-refractivity contribution in [1.29, 1.82) is 0 Å². The molecule has 1 aromatic rings. The average Bonchev–Trinajstić information content (AvgIpc) is 3.29. The minimum Gasteiger partial charge on any atom is -0.508 e. The fourth-order valence-electron chi connectivity index (χ4n) is 4.10. The van der Waals surface area contributed by atoms with Crippen LogP contribution in [-0.4, -0.2) is 52.7 Å². The summed E-state index contributed by atoms with van der Waals surface area (Å²) in [4.78, 5) is 15.0. The number of hydrogen-bond acceptors (Lipinski definition) is 6. The minimum absolute atomic E-state index is 0.202. The van der Waals surface area contributed by atoms with Gasteiger partial charge in [0.1, 0.15) is 12.3 Å². The van der Waals surface area contributed by atoms with Crippen LogP contribution in [0.1, 0.15) is 25.8 Å². The second-order valence-electron chi connectivity index (χ2n) is 7.92. The lowest BCUT2D eigenvalue weighted by Gasteiger charge is -2.15. The summed E-state index contributed by atoms with van der Waals surface area (Å²) < 4.78 is 7.17. The molecular weight excluding hydrogens is 440 g/mol. The number of ether oxygens (including phenoxy) is 1. The van der Waals surface area contributed by atoms with Crippen molar-refractivity contribution in [2.75, 3.05) is 25.6 Å². The lowest BCUT2D eigenvalue weighted by molar-refractivity contribution is -0.543. The van der Waals surface area contributed by atoms with Crippen LogP contribution >= 0.6 is 23.5 Å². The standard InChI is InChI=1S/C25H28N2O3S2/c1-5-16(13-24-27(6-2)20-15-18(28)8-10-22(20)32-24)12-23-26(3)19-11-17(14-25(29)30-4)7-9-21(19)31-23/h7-13,15,20,22H,5-6,14H2,1-4H3/p+1. The minimum atomic E-state index is -0.227. The van der Waals surface area contributed by atoms with Gasteiger partial charge in [0.2, 0.25) is 5.04 Å². The summed E-state index contributed by atoms with van der Waals surface area (Å²) in [6.07, 6.45) is 11.6. The summed E-state index contributed by atoms with van der Waals surface area (Å²) in [5, 5.41) is 12.7. The van der Waals surface area contributed by atoms with E-state index in [0.717, 1.165) is 24.2 Å². The Morgan fingerprint density at radius 2 is 2.16 bits per heavy atom. The van der Waals surface area contributed by atoms with Gasteiger partial charge in [-0.25, -0.2) is 4.58 Å². The molecule has 2 unspecified atom stereocenters. The molecule has 0 radical (unpaired) electrons. The van der Waals surface area contributed by atoms with Gasteiger partial charge in [0.15, 0.2) is 6.04 Å². The Balaban J connectivity index is 1.59. The molecule has 1 N–H and O–H groups in total. The summed E-state index contributed by atoms with van der Waals surface area (Å²) in [6.45, 7) is 5.24. The molecule has 2 heterocycles. The Hall–Kier alpha value is -2.38. The van der Waals surface area contributed by atoms with Crippen LogP contribution in [0, 0.1) is 0 Å². The van der Waals surface area contributed by atoms with Crippen LogP contribution in [0.15, 0.2) is 69.8 Å². The smallest absolute Gasteiger partial charge is 0.309 e. The highest BCUT2D eigenvalue weighted by Gasteiger charge is 2.40. The highest BCUT2D eigenvalue weighted by atomic mass is 32.2. The molecule has 0 amide bonds. The van der Waals surface area contributed by atoms with Gasteiger partial charge in [-0.3, -0.25) is 4.79 Å². The Morgan fingerprint density at radius 3 is 2.88 bits per heavy atom. The number of aliphatic hydroxyl groups is 1. The van der Waals surface area contributed by atoms with E-state index in [-0.39, 0.29) is 18.4 Å². The maximum absolute atomic E-state index is 11.6. The van der Waals surface area contributed by atoms with Crippen LogP contribution in [0.3, 0.4) is 0 Å². The monoisotopic (exact) mass is 469 g/mol. The van der Waals surface area contributed by atoms with Crippen molar-refractivity contribution in [3.05, 3.63) is 70.5 Å². The largest absolute Gasteiger partial charge is 0.508 e. The SMILES string of the molecule is CCC(=CC1=[N+](CC)C2C=C(O)C=CC2S1)C=C1Sc2ccc(CC(=O)OC)cc2N1C. The van der Waals surface area contributed by atoms with E-state index in [1.165, 1.54) is 27.7 Å². The molecule has 32 heavy (non-hydrogen) atoms. The molecule has 2 atom stereocenters. The Bertz CT molecular complexity index is 1080. The van der Waals surface area contributed by atoms with Crippen molar-refractivity contribution in [3.63, 3.8) is 0 Å².